The van der Waals surface area contributed by atoms with Crippen LogP contribution in [0.15, 0.2) is 30.3 Å². The molecule has 3 unspecified atom stereocenters. The molecule has 164 valence electrons. The van der Waals surface area contributed by atoms with Gasteiger partial charge < -0.3 is 32.5 Å². The molecule has 8 N–H and O–H groups in total. The van der Waals surface area contributed by atoms with E-state index in [-0.39, 0.29) is 12.2 Å². The Morgan fingerprint density at radius 2 is 1.57 bits per heavy atom. The maximum absolute atomic E-state index is 12.7. The zero-order valence-electron chi connectivity index (χ0n) is 16.0. The van der Waals surface area contributed by atoms with Crippen molar-refractivity contribution in [2.75, 3.05) is 12.3 Å². The number of amides is 4. The first-order valence-electron chi connectivity index (χ1n) is 8.93. The van der Waals surface area contributed by atoms with Crippen LogP contribution in [0.5, 0.6) is 0 Å². The van der Waals surface area contributed by atoms with E-state index >= 15 is 0 Å². The number of carboxylic acid groups (broad SMARTS) is 1. The van der Waals surface area contributed by atoms with Crippen LogP contribution in [-0.4, -0.2) is 65.1 Å². The number of hydrogen-bond acceptors (Lipinski definition) is 7. The molecule has 4 amide bonds. The number of carbonyl (C=O) groups is 5. The van der Waals surface area contributed by atoms with E-state index in [1.54, 1.807) is 30.3 Å². The lowest BCUT2D eigenvalue weighted by Crippen LogP contribution is -2.57. The molecule has 0 saturated carbocycles. The van der Waals surface area contributed by atoms with Gasteiger partial charge in [0.15, 0.2) is 0 Å². The van der Waals surface area contributed by atoms with Gasteiger partial charge in [-0.15, -0.1) is 0 Å². The van der Waals surface area contributed by atoms with E-state index in [9.17, 15) is 24.0 Å². The van der Waals surface area contributed by atoms with Crippen LogP contribution in [0.1, 0.15) is 12.0 Å². The summed E-state index contributed by atoms with van der Waals surface area (Å²) in [4.78, 5) is 59.1. The Bertz CT molecular complexity index is 776. The van der Waals surface area contributed by atoms with Gasteiger partial charge in [-0.3, -0.25) is 24.0 Å². The number of hydrogen-bond donors (Lipinski definition) is 7. The molecule has 0 aliphatic rings. The third-order valence-corrected chi connectivity index (χ3v) is 4.29. The van der Waals surface area contributed by atoms with Crippen LogP contribution in [0.25, 0.3) is 0 Å². The highest BCUT2D eigenvalue weighted by Gasteiger charge is 2.29. The van der Waals surface area contributed by atoms with Gasteiger partial charge in [-0.05, 0) is 5.56 Å². The van der Waals surface area contributed by atoms with Gasteiger partial charge in [0, 0.05) is 12.2 Å². The number of carbonyl (C=O) groups excluding carboxylic acids is 4. The molecule has 0 fully saturated rings. The predicted octanol–water partition coefficient (Wildman–Crippen LogP) is -2.47. The summed E-state index contributed by atoms with van der Waals surface area (Å²) in [6, 6.07) is 5.13. The van der Waals surface area contributed by atoms with E-state index in [0.717, 1.165) is 0 Å². The summed E-state index contributed by atoms with van der Waals surface area (Å²) in [6.07, 6.45) is -0.475. The highest BCUT2D eigenvalue weighted by Crippen LogP contribution is 2.05. The summed E-state index contributed by atoms with van der Waals surface area (Å²) in [6.45, 7) is -0.641. The van der Waals surface area contributed by atoms with Gasteiger partial charge in [-0.1, -0.05) is 30.3 Å². The van der Waals surface area contributed by atoms with E-state index in [1.807, 2.05) is 0 Å². The lowest BCUT2D eigenvalue weighted by atomic mass is 10.0. The average molecular weight is 439 g/mol. The van der Waals surface area contributed by atoms with Crippen LogP contribution >= 0.6 is 12.6 Å². The molecule has 0 aromatic heterocycles. The molecule has 0 saturated heterocycles. The number of nitrogens with one attached hydrogen (secondary N) is 3. The highest BCUT2D eigenvalue weighted by atomic mass is 32.1. The number of carboxylic acids is 1. The van der Waals surface area contributed by atoms with Crippen LogP contribution in [0.2, 0.25) is 0 Å². The molecule has 0 radical (unpaired) electrons. The molecular weight excluding hydrogens is 414 g/mol. The Labute approximate surface area is 178 Å². The smallest absolute Gasteiger partial charge is 0.322 e. The summed E-state index contributed by atoms with van der Waals surface area (Å²) >= 11 is 3.90. The molecular formula is C18H25N5O6S. The second kappa shape index (κ2) is 12.4. The molecule has 1 aromatic carbocycles. The number of primary amides is 1. The topological polar surface area (TPSA) is 194 Å². The fraction of sp³-hybridized carbons (Fsp3) is 0.389. The summed E-state index contributed by atoms with van der Waals surface area (Å²) in [5.74, 6) is -4.42. The number of rotatable bonds is 12. The molecule has 12 heteroatoms. The fourth-order valence-corrected chi connectivity index (χ4v) is 2.56. The summed E-state index contributed by atoms with van der Waals surface area (Å²) in [5, 5.41) is 15.7. The fourth-order valence-electron chi connectivity index (χ4n) is 2.39. The standard InChI is InChI=1S/C18H25N5O6S/c19-11(9-30)16(27)22-13(7-14(20)24)18(29)23-12(17(28)21-8-15(25)26)6-10-4-2-1-3-5-10/h1-5,11-13,30H,6-9,19H2,(H2,20,24)(H,21,28)(H,22,27)(H,23,29)(H,25,26). The van der Waals surface area contributed by atoms with Crippen molar-refractivity contribution in [1.29, 1.82) is 0 Å². The SMILES string of the molecule is NC(=O)CC(NC(=O)C(N)CS)C(=O)NC(Cc1ccccc1)C(=O)NCC(=O)O. The first-order chi connectivity index (χ1) is 14.1. The Morgan fingerprint density at radius 1 is 0.967 bits per heavy atom. The van der Waals surface area contributed by atoms with E-state index in [0.29, 0.717) is 5.56 Å². The zero-order valence-corrected chi connectivity index (χ0v) is 16.9. The average Bonchev–Trinajstić information content (AvgIpc) is 2.70. The Morgan fingerprint density at radius 3 is 2.10 bits per heavy atom. The van der Waals surface area contributed by atoms with Crippen LogP contribution in [-0.2, 0) is 30.4 Å². The number of benzene rings is 1. The van der Waals surface area contributed by atoms with E-state index < -0.39 is 60.7 Å². The van der Waals surface area contributed by atoms with Crippen molar-refractivity contribution in [3.63, 3.8) is 0 Å². The van der Waals surface area contributed by atoms with Gasteiger partial charge in [-0.25, -0.2) is 0 Å². The molecule has 3 atom stereocenters. The Balaban J connectivity index is 2.98. The lowest BCUT2D eigenvalue weighted by Gasteiger charge is -2.23. The minimum Gasteiger partial charge on any atom is -0.480 e. The molecule has 30 heavy (non-hydrogen) atoms. The second-order valence-electron chi connectivity index (χ2n) is 6.38. The quantitative estimate of drug-likeness (QED) is 0.175. The van der Waals surface area contributed by atoms with Crippen molar-refractivity contribution >= 4 is 42.2 Å². The number of nitrogens with two attached hydrogens (primary N) is 2. The molecule has 11 nitrogen and oxygen atoms in total. The maximum atomic E-state index is 12.7. The predicted molar refractivity (Wildman–Crippen MR) is 110 cm³/mol. The van der Waals surface area contributed by atoms with E-state index in [2.05, 4.69) is 28.6 Å². The Hall–Kier alpha value is -3.12. The van der Waals surface area contributed by atoms with Crippen molar-refractivity contribution in [1.82, 2.24) is 16.0 Å². The molecule has 0 aliphatic heterocycles. The molecule has 0 spiro atoms. The number of aliphatic carboxylic acids is 1. The monoisotopic (exact) mass is 439 g/mol. The van der Waals surface area contributed by atoms with Crippen LogP contribution in [0.3, 0.4) is 0 Å². The third kappa shape index (κ3) is 8.92. The maximum Gasteiger partial charge on any atom is 0.322 e. The molecule has 0 bridgehead atoms. The largest absolute Gasteiger partial charge is 0.480 e. The van der Waals surface area contributed by atoms with Gasteiger partial charge in [0.2, 0.25) is 23.6 Å². The molecule has 1 aromatic rings. The van der Waals surface area contributed by atoms with Gasteiger partial charge >= 0.3 is 5.97 Å². The third-order valence-electron chi connectivity index (χ3n) is 3.90. The van der Waals surface area contributed by atoms with Crippen molar-refractivity contribution in [2.45, 2.75) is 31.0 Å². The van der Waals surface area contributed by atoms with Crippen LogP contribution in [0.4, 0.5) is 0 Å². The first kappa shape index (κ1) is 24.9. The first-order valence-corrected chi connectivity index (χ1v) is 9.56. The summed E-state index contributed by atoms with van der Waals surface area (Å²) in [5.41, 5.74) is 11.4. The van der Waals surface area contributed by atoms with Gasteiger partial charge in [0.25, 0.3) is 0 Å². The molecule has 0 heterocycles. The van der Waals surface area contributed by atoms with Gasteiger partial charge in [-0.2, -0.15) is 12.6 Å². The van der Waals surface area contributed by atoms with Crippen LogP contribution in [0, 0.1) is 0 Å². The summed E-state index contributed by atoms with van der Waals surface area (Å²) in [7, 11) is 0. The van der Waals surface area contributed by atoms with E-state index in [1.165, 1.54) is 0 Å². The minimum atomic E-state index is -1.37. The summed E-state index contributed by atoms with van der Waals surface area (Å²) < 4.78 is 0. The van der Waals surface area contributed by atoms with Crippen molar-refractivity contribution in [3.8, 4) is 0 Å². The van der Waals surface area contributed by atoms with E-state index in [4.69, 9.17) is 16.6 Å². The van der Waals surface area contributed by atoms with Crippen molar-refractivity contribution in [2.24, 2.45) is 11.5 Å². The van der Waals surface area contributed by atoms with Gasteiger partial charge in [0.05, 0.1) is 12.5 Å². The normalized spacial score (nSPS) is 13.4. The van der Waals surface area contributed by atoms with Crippen molar-refractivity contribution < 1.29 is 29.1 Å². The van der Waals surface area contributed by atoms with Gasteiger partial charge in [0.1, 0.15) is 18.6 Å². The molecule has 1 rings (SSSR count). The van der Waals surface area contributed by atoms with Crippen LogP contribution < -0.4 is 27.4 Å². The number of thiol groups is 1. The second-order valence-corrected chi connectivity index (χ2v) is 6.75. The lowest BCUT2D eigenvalue weighted by molar-refractivity contribution is -0.138. The molecule has 0 aliphatic carbocycles. The zero-order chi connectivity index (χ0) is 22.7. The van der Waals surface area contributed by atoms with Crippen molar-refractivity contribution in [3.05, 3.63) is 35.9 Å². The minimum absolute atomic E-state index is 0.00493. The highest BCUT2D eigenvalue weighted by molar-refractivity contribution is 7.80. The Kier molecular flexibility index (Phi) is 10.3.